The molecule has 0 heterocycles. The van der Waals surface area contributed by atoms with Gasteiger partial charge in [0.25, 0.3) is 0 Å². The largest absolute Gasteiger partial charge is 0.324 e. The number of rotatable bonds is 1. The minimum Gasteiger partial charge on any atom is -0.324 e. The molecule has 0 radical (unpaired) electrons. The van der Waals surface area contributed by atoms with Gasteiger partial charge in [-0.15, -0.1) is 0 Å². The number of nitrogens with two attached hydrogens (primary N) is 1. The molecule has 1 aromatic rings. The third-order valence-electron chi connectivity index (χ3n) is 1.23. The minimum absolute atomic E-state index is 0.100. The molecule has 0 aliphatic heterocycles. The van der Waals surface area contributed by atoms with E-state index in [2.05, 4.69) is 12.1 Å². The molecule has 2 N–H and O–H groups in total. The minimum atomic E-state index is -0.399. The van der Waals surface area contributed by atoms with Gasteiger partial charge in [-0.2, -0.15) is 4.39 Å². The van der Waals surface area contributed by atoms with E-state index in [1.165, 1.54) is 6.07 Å². The molecular formula is C8H8FN. The number of hydrogen-bond acceptors (Lipinski definition) is 1. The first-order valence-corrected chi connectivity index (χ1v) is 3.05. The molecule has 0 aliphatic rings. The van der Waals surface area contributed by atoms with Gasteiger partial charge in [0.2, 0.25) is 0 Å². The molecule has 0 saturated carbocycles. The second-order valence-corrected chi connectivity index (χ2v) is 2.18. The lowest BCUT2D eigenvalue weighted by atomic mass is 10.1. The van der Waals surface area contributed by atoms with E-state index >= 15 is 0 Å². The highest BCUT2D eigenvalue weighted by Crippen LogP contribution is 2.04. The van der Waals surface area contributed by atoms with Gasteiger partial charge in [-0.1, -0.05) is 6.07 Å². The van der Waals surface area contributed by atoms with E-state index in [9.17, 15) is 4.39 Å². The molecule has 2 heteroatoms. The van der Waals surface area contributed by atoms with Crippen LogP contribution in [0.2, 0.25) is 0 Å². The molecule has 0 bridgehead atoms. The first-order valence-electron chi connectivity index (χ1n) is 3.05. The Morgan fingerprint density at radius 2 is 2.20 bits per heavy atom. The van der Waals surface area contributed by atoms with E-state index in [0.717, 1.165) is 5.56 Å². The van der Waals surface area contributed by atoms with Crippen LogP contribution in [-0.2, 0) is 0 Å². The van der Waals surface area contributed by atoms with Gasteiger partial charge in [0.05, 0.1) is 0 Å². The normalized spacial score (nSPS) is 12.3. The Kier molecular flexibility index (Phi) is 1.88. The van der Waals surface area contributed by atoms with Crippen molar-refractivity contribution >= 4 is 0 Å². The summed E-state index contributed by atoms with van der Waals surface area (Å²) in [7, 11) is 0. The van der Waals surface area contributed by atoms with E-state index in [0.29, 0.717) is 0 Å². The third kappa shape index (κ3) is 1.46. The Morgan fingerprint density at radius 1 is 1.50 bits per heavy atom. The van der Waals surface area contributed by atoms with E-state index in [-0.39, 0.29) is 6.04 Å². The summed E-state index contributed by atoms with van der Waals surface area (Å²) in [4.78, 5) is 0. The van der Waals surface area contributed by atoms with Crippen molar-refractivity contribution in [2.45, 2.75) is 13.0 Å². The van der Waals surface area contributed by atoms with Crippen molar-refractivity contribution in [2.24, 2.45) is 5.73 Å². The Bertz CT molecular complexity index is 203. The molecule has 0 amide bonds. The average Bonchev–Trinajstić information content (AvgIpc) is 1.88. The maximum atomic E-state index is 12.2. The van der Waals surface area contributed by atoms with Gasteiger partial charge >= 0.3 is 0 Å². The van der Waals surface area contributed by atoms with E-state index in [1.54, 1.807) is 6.07 Å². The van der Waals surface area contributed by atoms with Crippen LogP contribution in [0.4, 0.5) is 4.39 Å². The molecule has 0 spiro atoms. The lowest BCUT2D eigenvalue weighted by Gasteiger charge is -1.98. The molecule has 10 heavy (non-hydrogen) atoms. The second-order valence-electron chi connectivity index (χ2n) is 2.18. The summed E-state index contributed by atoms with van der Waals surface area (Å²) in [6, 6.07) is 7.76. The zero-order valence-corrected chi connectivity index (χ0v) is 5.69. The van der Waals surface area contributed by atoms with Crippen LogP contribution in [0.3, 0.4) is 0 Å². The number of hydrogen-bond donors (Lipinski definition) is 1. The average molecular weight is 137 g/mol. The Morgan fingerprint density at radius 3 is 2.60 bits per heavy atom. The molecule has 0 saturated heterocycles. The van der Waals surface area contributed by atoms with Gasteiger partial charge in [0.1, 0.15) is 0 Å². The van der Waals surface area contributed by atoms with Crippen LogP contribution in [0, 0.1) is 17.9 Å². The summed E-state index contributed by atoms with van der Waals surface area (Å²) in [6.07, 6.45) is 0. The van der Waals surface area contributed by atoms with Crippen LogP contribution in [0.15, 0.2) is 12.1 Å². The maximum absolute atomic E-state index is 12.2. The zero-order chi connectivity index (χ0) is 7.56. The molecule has 0 aliphatic carbocycles. The summed E-state index contributed by atoms with van der Waals surface area (Å²) < 4.78 is 12.2. The quantitative estimate of drug-likeness (QED) is 0.622. The molecule has 1 nitrogen and oxygen atoms in total. The summed E-state index contributed by atoms with van der Waals surface area (Å²) in [5.74, 6) is -0.399. The summed E-state index contributed by atoms with van der Waals surface area (Å²) >= 11 is 0. The van der Waals surface area contributed by atoms with Crippen molar-refractivity contribution in [1.82, 2.24) is 0 Å². The van der Waals surface area contributed by atoms with Crippen LogP contribution in [0.1, 0.15) is 18.5 Å². The molecule has 52 valence electrons. The van der Waals surface area contributed by atoms with Gasteiger partial charge in [-0.3, -0.25) is 0 Å². The summed E-state index contributed by atoms with van der Waals surface area (Å²) in [6.45, 7) is 1.82. The van der Waals surface area contributed by atoms with Crippen molar-refractivity contribution in [2.75, 3.05) is 0 Å². The van der Waals surface area contributed by atoms with Crippen molar-refractivity contribution in [3.05, 3.63) is 35.6 Å². The first-order chi connectivity index (χ1) is 4.70. The van der Waals surface area contributed by atoms with Gasteiger partial charge in [0.15, 0.2) is 5.82 Å². The fourth-order valence-corrected chi connectivity index (χ4v) is 0.644. The molecule has 1 aromatic carbocycles. The predicted octanol–water partition coefficient (Wildman–Crippen LogP) is 1.45. The SMILES string of the molecule is C[C@H](N)c1c#cc(F)cc1. The highest BCUT2D eigenvalue weighted by molar-refractivity contribution is 5.11. The van der Waals surface area contributed by atoms with Crippen molar-refractivity contribution < 1.29 is 4.39 Å². The second kappa shape index (κ2) is 2.68. The molecule has 1 rings (SSSR count). The standard InChI is InChI=1S/C8H8FN/c1-6(10)7-2-4-8(9)5-3-7/h2,4,6H,10H2,1H3/t6-/m0/s1. The summed E-state index contributed by atoms with van der Waals surface area (Å²) in [5.41, 5.74) is 6.27. The fraction of sp³-hybridized carbons (Fsp3) is 0.250. The summed E-state index contributed by atoms with van der Waals surface area (Å²) in [5, 5.41) is 0. The van der Waals surface area contributed by atoms with E-state index < -0.39 is 5.82 Å². The van der Waals surface area contributed by atoms with Gasteiger partial charge in [-0.05, 0) is 25.1 Å². The van der Waals surface area contributed by atoms with Crippen LogP contribution < -0.4 is 5.73 Å². The molecule has 0 aromatic heterocycles. The van der Waals surface area contributed by atoms with E-state index in [4.69, 9.17) is 5.73 Å². The first kappa shape index (κ1) is 7.04. The smallest absolute Gasteiger partial charge is 0.173 e. The van der Waals surface area contributed by atoms with Gasteiger partial charge in [0, 0.05) is 11.6 Å². The van der Waals surface area contributed by atoms with Gasteiger partial charge in [-0.25, -0.2) is 0 Å². The van der Waals surface area contributed by atoms with Crippen LogP contribution in [0.25, 0.3) is 0 Å². The Labute approximate surface area is 59.7 Å². The van der Waals surface area contributed by atoms with Gasteiger partial charge < -0.3 is 5.73 Å². The van der Waals surface area contributed by atoms with Crippen molar-refractivity contribution in [3.8, 4) is 0 Å². The topological polar surface area (TPSA) is 26.0 Å². The Balaban J connectivity index is 2.89. The van der Waals surface area contributed by atoms with Crippen molar-refractivity contribution in [1.29, 1.82) is 0 Å². The highest BCUT2D eigenvalue weighted by Gasteiger charge is 1.95. The zero-order valence-electron chi connectivity index (χ0n) is 5.69. The molecular weight excluding hydrogens is 129 g/mol. The maximum Gasteiger partial charge on any atom is 0.173 e. The van der Waals surface area contributed by atoms with Crippen molar-refractivity contribution in [3.63, 3.8) is 0 Å². The molecule has 0 fully saturated rings. The third-order valence-corrected chi connectivity index (χ3v) is 1.23. The van der Waals surface area contributed by atoms with E-state index in [1.807, 2.05) is 6.92 Å². The molecule has 1 atom stereocenters. The predicted molar refractivity (Wildman–Crippen MR) is 36.7 cm³/mol. The lowest BCUT2D eigenvalue weighted by molar-refractivity contribution is 0.627. The molecule has 0 unspecified atom stereocenters. The number of halogens is 1. The monoisotopic (exact) mass is 137 g/mol. The van der Waals surface area contributed by atoms with Crippen LogP contribution >= 0.6 is 0 Å². The van der Waals surface area contributed by atoms with Crippen LogP contribution in [0.5, 0.6) is 0 Å². The fourth-order valence-electron chi connectivity index (χ4n) is 0.644. The highest BCUT2D eigenvalue weighted by atomic mass is 19.1. The van der Waals surface area contributed by atoms with Crippen LogP contribution in [-0.4, -0.2) is 0 Å². The lowest BCUT2D eigenvalue weighted by Crippen LogP contribution is -2.03. The Hall–Kier alpha value is -1.07.